The van der Waals surface area contributed by atoms with Crippen LogP contribution in [0.1, 0.15) is 26.3 Å². The molecule has 2 N–H and O–H groups in total. The Labute approximate surface area is 167 Å². The van der Waals surface area contributed by atoms with Crippen LogP contribution in [0.15, 0.2) is 72.8 Å². The van der Waals surface area contributed by atoms with E-state index < -0.39 is 5.82 Å². The van der Waals surface area contributed by atoms with Gasteiger partial charge < -0.3 is 10.6 Å². The smallest absolute Gasteiger partial charge is 0.255 e. The Morgan fingerprint density at radius 2 is 1.50 bits per heavy atom. The van der Waals surface area contributed by atoms with Crippen molar-refractivity contribution in [1.29, 1.82) is 0 Å². The fourth-order valence-corrected chi connectivity index (χ4v) is 2.74. The van der Waals surface area contributed by atoms with Gasteiger partial charge in [0.1, 0.15) is 5.82 Å². The number of amides is 2. The fourth-order valence-electron chi connectivity index (χ4n) is 2.62. The van der Waals surface area contributed by atoms with Gasteiger partial charge in [-0.2, -0.15) is 0 Å². The molecule has 142 valence electrons. The molecule has 0 unspecified atom stereocenters. The average molecular weight is 397 g/mol. The predicted octanol–water partition coefficient (Wildman–Crippen LogP) is 4.70. The number of benzene rings is 3. The molecule has 0 aromatic heterocycles. The van der Waals surface area contributed by atoms with Crippen LogP contribution in [-0.4, -0.2) is 18.4 Å². The zero-order valence-electron chi connectivity index (χ0n) is 14.9. The molecule has 0 atom stereocenters. The van der Waals surface area contributed by atoms with Gasteiger partial charge in [-0.15, -0.1) is 0 Å². The molecule has 28 heavy (non-hydrogen) atoms. The highest BCUT2D eigenvalue weighted by molar-refractivity contribution is 6.30. The first-order valence-electron chi connectivity index (χ1n) is 8.71. The molecule has 0 aliphatic heterocycles. The molecule has 0 saturated carbocycles. The van der Waals surface area contributed by atoms with Crippen molar-refractivity contribution < 1.29 is 14.0 Å². The monoisotopic (exact) mass is 396 g/mol. The Kier molecular flexibility index (Phi) is 6.40. The van der Waals surface area contributed by atoms with Crippen LogP contribution in [0.3, 0.4) is 0 Å². The minimum Gasteiger partial charge on any atom is -0.352 e. The van der Waals surface area contributed by atoms with E-state index in [9.17, 15) is 14.0 Å². The first kappa shape index (κ1) is 19.6. The van der Waals surface area contributed by atoms with E-state index in [1.165, 1.54) is 18.2 Å². The molecule has 0 bridgehead atoms. The van der Waals surface area contributed by atoms with Crippen molar-refractivity contribution in [3.05, 3.63) is 100 Å². The lowest BCUT2D eigenvalue weighted by molar-refractivity contribution is 0.0952. The number of halogens is 2. The number of carbonyl (C=O) groups excluding carboxylic acids is 2. The highest BCUT2D eigenvalue weighted by atomic mass is 35.5. The minimum absolute atomic E-state index is 0.217. The number of anilines is 1. The van der Waals surface area contributed by atoms with Gasteiger partial charge in [0.25, 0.3) is 11.8 Å². The first-order valence-corrected chi connectivity index (χ1v) is 9.09. The molecular formula is C22H18ClFN2O2. The van der Waals surface area contributed by atoms with Crippen molar-refractivity contribution in [2.45, 2.75) is 6.42 Å². The summed E-state index contributed by atoms with van der Waals surface area (Å²) in [6.45, 7) is 0.488. The third-order valence-electron chi connectivity index (χ3n) is 4.10. The van der Waals surface area contributed by atoms with E-state index in [0.717, 1.165) is 5.56 Å². The number of nitrogens with one attached hydrogen (secondary N) is 2. The minimum atomic E-state index is -0.427. The third-order valence-corrected chi connectivity index (χ3v) is 4.36. The van der Waals surface area contributed by atoms with Gasteiger partial charge in [-0.3, -0.25) is 9.59 Å². The Balaban J connectivity index is 1.53. The van der Waals surface area contributed by atoms with Crippen LogP contribution in [0.2, 0.25) is 5.02 Å². The van der Waals surface area contributed by atoms with Crippen molar-refractivity contribution in [2.24, 2.45) is 0 Å². The Morgan fingerprint density at radius 3 is 2.14 bits per heavy atom. The Hall–Kier alpha value is -3.18. The summed E-state index contributed by atoms with van der Waals surface area (Å²) < 4.78 is 13.2. The number of hydrogen-bond donors (Lipinski definition) is 2. The Morgan fingerprint density at radius 1 is 0.857 bits per heavy atom. The summed E-state index contributed by atoms with van der Waals surface area (Å²) in [5.41, 5.74) is 2.28. The summed E-state index contributed by atoms with van der Waals surface area (Å²) in [6, 6.07) is 19.4. The van der Waals surface area contributed by atoms with E-state index in [1.807, 2.05) is 24.3 Å². The zero-order chi connectivity index (χ0) is 19.9. The second-order valence-electron chi connectivity index (χ2n) is 6.17. The summed E-state index contributed by atoms with van der Waals surface area (Å²) in [5.74, 6) is -1.02. The van der Waals surface area contributed by atoms with Gasteiger partial charge >= 0.3 is 0 Å². The number of hydrogen-bond acceptors (Lipinski definition) is 2. The van der Waals surface area contributed by atoms with E-state index in [-0.39, 0.29) is 11.8 Å². The van der Waals surface area contributed by atoms with E-state index >= 15 is 0 Å². The molecule has 0 spiro atoms. The predicted molar refractivity (Wildman–Crippen MR) is 108 cm³/mol. The molecule has 0 radical (unpaired) electrons. The molecule has 0 saturated heterocycles. The second-order valence-corrected chi connectivity index (χ2v) is 6.61. The molecule has 0 aliphatic carbocycles. The summed E-state index contributed by atoms with van der Waals surface area (Å²) in [5, 5.41) is 6.13. The molecule has 0 fully saturated rings. The van der Waals surface area contributed by atoms with Crippen molar-refractivity contribution >= 4 is 29.1 Å². The molecule has 3 rings (SSSR count). The quantitative estimate of drug-likeness (QED) is 0.634. The van der Waals surface area contributed by atoms with Crippen molar-refractivity contribution in [3.8, 4) is 0 Å². The van der Waals surface area contributed by atoms with Crippen LogP contribution in [0.4, 0.5) is 10.1 Å². The molecule has 0 aliphatic rings. The van der Waals surface area contributed by atoms with E-state index in [4.69, 9.17) is 11.6 Å². The van der Waals surface area contributed by atoms with Crippen molar-refractivity contribution in [2.75, 3.05) is 11.9 Å². The van der Waals surface area contributed by atoms with Crippen LogP contribution in [-0.2, 0) is 6.42 Å². The van der Waals surface area contributed by atoms with Gasteiger partial charge in [-0.05, 0) is 66.6 Å². The van der Waals surface area contributed by atoms with Gasteiger partial charge in [-0.25, -0.2) is 4.39 Å². The van der Waals surface area contributed by atoms with Crippen LogP contribution in [0, 0.1) is 5.82 Å². The molecule has 2 amide bonds. The largest absolute Gasteiger partial charge is 0.352 e. The molecule has 6 heteroatoms. The van der Waals surface area contributed by atoms with Crippen molar-refractivity contribution in [3.63, 3.8) is 0 Å². The van der Waals surface area contributed by atoms with Crippen LogP contribution < -0.4 is 10.6 Å². The molecule has 4 nitrogen and oxygen atoms in total. The summed E-state index contributed by atoms with van der Waals surface area (Å²) in [6.07, 6.45) is 0.692. The van der Waals surface area contributed by atoms with Gasteiger partial charge in [0.05, 0.1) is 0 Å². The summed E-state index contributed by atoms with van der Waals surface area (Å²) in [7, 11) is 0. The number of carbonyl (C=O) groups is 2. The van der Waals surface area contributed by atoms with E-state index in [2.05, 4.69) is 10.6 Å². The first-order chi connectivity index (χ1) is 13.5. The van der Waals surface area contributed by atoms with Crippen LogP contribution in [0.25, 0.3) is 0 Å². The lowest BCUT2D eigenvalue weighted by Gasteiger charge is -2.08. The highest BCUT2D eigenvalue weighted by Gasteiger charge is 2.09. The van der Waals surface area contributed by atoms with Gasteiger partial charge in [-0.1, -0.05) is 29.8 Å². The lowest BCUT2D eigenvalue weighted by atomic mass is 10.1. The third kappa shape index (κ3) is 5.41. The molecule has 3 aromatic rings. The normalized spacial score (nSPS) is 10.4. The van der Waals surface area contributed by atoms with Gasteiger partial charge in [0, 0.05) is 28.4 Å². The standard InChI is InChI=1S/C22H18ClFN2O2/c23-18-10-4-15(5-11-18)12-13-25-21(27)16-6-8-17(9-7-16)22(28)26-20-3-1-2-19(24)14-20/h1-11,14H,12-13H2,(H,25,27)(H,26,28). The molecule has 0 heterocycles. The Bertz CT molecular complexity index is 973. The summed E-state index contributed by atoms with van der Waals surface area (Å²) in [4.78, 5) is 24.4. The lowest BCUT2D eigenvalue weighted by Crippen LogP contribution is -2.25. The van der Waals surface area contributed by atoms with E-state index in [1.54, 1.807) is 30.3 Å². The molecule has 3 aromatic carbocycles. The second kappa shape index (κ2) is 9.15. The van der Waals surface area contributed by atoms with Crippen LogP contribution >= 0.6 is 11.6 Å². The summed E-state index contributed by atoms with van der Waals surface area (Å²) >= 11 is 5.85. The van der Waals surface area contributed by atoms with Gasteiger partial charge in [0.2, 0.25) is 0 Å². The maximum absolute atomic E-state index is 13.2. The van der Waals surface area contributed by atoms with Crippen LogP contribution in [0.5, 0.6) is 0 Å². The molecular weight excluding hydrogens is 379 g/mol. The zero-order valence-corrected chi connectivity index (χ0v) is 15.7. The maximum atomic E-state index is 13.2. The van der Waals surface area contributed by atoms with Gasteiger partial charge in [0.15, 0.2) is 0 Å². The number of rotatable bonds is 6. The van der Waals surface area contributed by atoms with E-state index in [0.29, 0.717) is 34.8 Å². The fraction of sp³-hybridized carbons (Fsp3) is 0.0909. The SMILES string of the molecule is O=C(NCCc1ccc(Cl)cc1)c1ccc(C(=O)Nc2cccc(F)c2)cc1. The topological polar surface area (TPSA) is 58.2 Å². The highest BCUT2D eigenvalue weighted by Crippen LogP contribution is 2.12. The van der Waals surface area contributed by atoms with Crippen molar-refractivity contribution in [1.82, 2.24) is 5.32 Å². The maximum Gasteiger partial charge on any atom is 0.255 e. The average Bonchev–Trinajstić information content (AvgIpc) is 2.69.